The summed E-state index contributed by atoms with van der Waals surface area (Å²) in [6.07, 6.45) is 6.38. The molecule has 108 valence electrons. The van der Waals surface area contributed by atoms with Gasteiger partial charge in [-0.25, -0.2) is 9.97 Å². The molecular formula is C15H14ClN3OS. The van der Waals surface area contributed by atoms with E-state index in [-0.39, 0.29) is 0 Å². The number of aromatic nitrogens is 2. The summed E-state index contributed by atoms with van der Waals surface area (Å²) in [7, 11) is 0. The van der Waals surface area contributed by atoms with Crippen LogP contribution in [0, 0.1) is 0 Å². The molecule has 4 nitrogen and oxygen atoms in total. The van der Waals surface area contributed by atoms with E-state index < -0.39 is 0 Å². The summed E-state index contributed by atoms with van der Waals surface area (Å²) < 4.78 is 5.29. The standard InChI is InChI=1S/C15H14ClN3OS/c16-13-12-10-5-1-2-6-11(10)21-14(12)19-15(18-13)17-8-9-4-3-7-20-9/h3-4,7H,1-2,5-6,8H2,(H,17,18,19). The van der Waals surface area contributed by atoms with Crippen molar-refractivity contribution in [1.29, 1.82) is 0 Å². The SMILES string of the molecule is Clc1nc(NCc2ccco2)nc2sc3c(c12)CCCC3. The maximum atomic E-state index is 6.39. The van der Waals surface area contributed by atoms with Crippen molar-refractivity contribution in [3.63, 3.8) is 0 Å². The lowest BCUT2D eigenvalue weighted by Gasteiger charge is -2.10. The molecule has 0 unspecified atom stereocenters. The number of nitrogens with zero attached hydrogens (tertiary/aromatic N) is 2. The van der Waals surface area contributed by atoms with E-state index in [1.54, 1.807) is 17.6 Å². The van der Waals surface area contributed by atoms with Gasteiger partial charge < -0.3 is 9.73 Å². The minimum Gasteiger partial charge on any atom is -0.467 e. The Morgan fingerprint density at radius 3 is 3.05 bits per heavy atom. The normalized spacial score (nSPS) is 14.3. The molecule has 3 aromatic heterocycles. The number of halogens is 1. The first-order chi connectivity index (χ1) is 10.3. The number of nitrogens with one attached hydrogen (secondary N) is 1. The zero-order valence-electron chi connectivity index (χ0n) is 11.4. The zero-order valence-corrected chi connectivity index (χ0v) is 12.9. The van der Waals surface area contributed by atoms with Crippen LogP contribution in [0.2, 0.25) is 5.15 Å². The molecule has 1 aliphatic rings. The van der Waals surface area contributed by atoms with Gasteiger partial charge in [0.05, 0.1) is 18.2 Å². The fourth-order valence-electron chi connectivity index (χ4n) is 2.77. The maximum Gasteiger partial charge on any atom is 0.225 e. The maximum absolute atomic E-state index is 6.39. The highest BCUT2D eigenvalue weighted by molar-refractivity contribution is 7.19. The Morgan fingerprint density at radius 2 is 2.19 bits per heavy atom. The van der Waals surface area contributed by atoms with Crippen LogP contribution >= 0.6 is 22.9 Å². The van der Waals surface area contributed by atoms with Crippen molar-refractivity contribution in [2.75, 3.05) is 5.32 Å². The van der Waals surface area contributed by atoms with Crippen molar-refractivity contribution in [3.05, 3.63) is 39.7 Å². The largest absolute Gasteiger partial charge is 0.467 e. The van der Waals surface area contributed by atoms with Gasteiger partial charge >= 0.3 is 0 Å². The molecule has 0 saturated carbocycles. The van der Waals surface area contributed by atoms with Gasteiger partial charge in [0, 0.05) is 4.88 Å². The number of hydrogen-bond acceptors (Lipinski definition) is 5. The Kier molecular flexibility index (Phi) is 3.31. The van der Waals surface area contributed by atoms with Crippen molar-refractivity contribution in [1.82, 2.24) is 9.97 Å². The molecule has 6 heteroatoms. The van der Waals surface area contributed by atoms with Crippen molar-refractivity contribution in [2.45, 2.75) is 32.2 Å². The van der Waals surface area contributed by atoms with Crippen molar-refractivity contribution in [3.8, 4) is 0 Å². The Bertz CT molecular complexity index is 782. The second kappa shape index (κ2) is 5.31. The monoisotopic (exact) mass is 319 g/mol. The number of fused-ring (bicyclic) bond motifs is 3. The Hall–Kier alpha value is -1.59. The molecule has 0 aliphatic heterocycles. The third kappa shape index (κ3) is 2.40. The summed E-state index contributed by atoms with van der Waals surface area (Å²) in [5, 5.41) is 4.78. The molecule has 0 aromatic carbocycles. The molecule has 0 radical (unpaired) electrons. The fourth-order valence-corrected chi connectivity index (χ4v) is 4.37. The fraction of sp³-hybridized carbons (Fsp3) is 0.333. The van der Waals surface area contributed by atoms with E-state index in [4.69, 9.17) is 16.0 Å². The van der Waals surface area contributed by atoms with Gasteiger partial charge in [0.25, 0.3) is 0 Å². The molecule has 0 bridgehead atoms. The van der Waals surface area contributed by atoms with Gasteiger partial charge in [-0.05, 0) is 43.4 Å². The second-order valence-corrected chi connectivity index (χ2v) is 6.60. The molecule has 0 atom stereocenters. The van der Waals surface area contributed by atoms with Gasteiger partial charge in [0.2, 0.25) is 5.95 Å². The molecule has 0 saturated heterocycles. The molecule has 0 fully saturated rings. The smallest absolute Gasteiger partial charge is 0.225 e. The molecule has 3 aromatic rings. The number of furan rings is 1. The third-order valence-corrected chi connectivity index (χ3v) is 5.23. The molecule has 0 amide bonds. The van der Waals surface area contributed by atoms with Crippen LogP contribution < -0.4 is 5.32 Å². The summed E-state index contributed by atoms with van der Waals surface area (Å²) in [5.41, 5.74) is 1.36. The summed E-state index contributed by atoms with van der Waals surface area (Å²) in [6.45, 7) is 0.555. The Morgan fingerprint density at radius 1 is 1.29 bits per heavy atom. The summed E-state index contributed by atoms with van der Waals surface area (Å²) in [4.78, 5) is 11.4. The van der Waals surface area contributed by atoms with Crippen molar-refractivity contribution in [2.24, 2.45) is 0 Å². The van der Waals surface area contributed by atoms with Crippen LogP contribution in [0.1, 0.15) is 29.0 Å². The van der Waals surface area contributed by atoms with E-state index in [1.165, 1.54) is 23.3 Å². The van der Waals surface area contributed by atoms with Crippen LogP contribution in [0.25, 0.3) is 10.2 Å². The lowest BCUT2D eigenvalue weighted by atomic mass is 9.97. The van der Waals surface area contributed by atoms with E-state index in [0.717, 1.165) is 28.8 Å². The van der Waals surface area contributed by atoms with E-state index in [9.17, 15) is 0 Å². The lowest BCUT2D eigenvalue weighted by molar-refractivity contribution is 0.517. The quantitative estimate of drug-likeness (QED) is 0.726. The summed E-state index contributed by atoms with van der Waals surface area (Å²) in [6, 6.07) is 3.78. The molecule has 0 spiro atoms. The molecule has 4 rings (SSSR count). The van der Waals surface area contributed by atoms with Crippen LogP contribution in [-0.2, 0) is 19.4 Å². The van der Waals surface area contributed by atoms with E-state index in [2.05, 4.69) is 15.3 Å². The second-order valence-electron chi connectivity index (χ2n) is 5.16. The minimum absolute atomic E-state index is 0.555. The summed E-state index contributed by atoms with van der Waals surface area (Å²) in [5.74, 6) is 1.41. The third-order valence-electron chi connectivity index (χ3n) is 3.77. The Balaban J connectivity index is 1.68. The van der Waals surface area contributed by atoms with E-state index in [0.29, 0.717) is 17.6 Å². The highest BCUT2D eigenvalue weighted by Crippen LogP contribution is 2.38. The zero-order chi connectivity index (χ0) is 14.2. The topological polar surface area (TPSA) is 51.0 Å². The van der Waals surface area contributed by atoms with Gasteiger partial charge in [-0.2, -0.15) is 0 Å². The summed E-state index contributed by atoms with van der Waals surface area (Å²) >= 11 is 8.15. The highest BCUT2D eigenvalue weighted by atomic mass is 35.5. The molecule has 21 heavy (non-hydrogen) atoms. The number of hydrogen-bond donors (Lipinski definition) is 1. The van der Waals surface area contributed by atoms with Crippen LogP contribution in [0.5, 0.6) is 0 Å². The van der Waals surface area contributed by atoms with E-state index >= 15 is 0 Å². The van der Waals surface area contributed by atoms with Gasteiger partial charge in [0.1, 0.15) is 15.7 Å². The number of rotatable bonds is 3. The van der Waals surface area contributed by atoms with Crippen molar-refractivity contribution >= 4 is 39.1 Å². The van der Waals surface area contributed by atoms with Crippen LogP contribution in [0.15, 0.2) is 22.8 Å². The first-order valence-corrected chi connectivity index (χ1v) is 8.25. The predicted octanol–water partition coefficient (Wildman–Crippen LogP) is 4.43. The minimum atomic E-state index is 0.555. The van der Waals surface area contributed by atoms with Crippen molar-refractivity contribution < 1.29 is 4.42 Å². The number of thiophene rings is 1. The van der Waals surface area contributed by atoms with Gasteiger partial charge in [-0.3, -0.25) is 0 Å². The molecule has 3 heterocycles. The highest BCUT2D eigenvalue weighted by Gasteiger charge is 2.20. The average Bonchev–Trinajstić information content (AvgIpc) is 3.12. The predicted molar refractivity (Wildman–Crippen MR) is 85.1 cm³/mol. The average molecular weight is 320 g/mol. The molecule has 1 N–H and O–H groups in total. The Labute approximate surface area is 131 Å². The van der Waals surface area contributed by atoms with E-state index in [1.807, 2.05) is 12.1 Å². The van der Waals surface area contributed by atoms with Gasteiger partial charge in [-0.15, -0.1) is 11.3 Å². The van der Waals surface area contributed by atoms with Gasteiger partial charge in [0.15, 0.2) is 0 Å². The van der Waals surface area contributed by atoms with Crippen LogP contribution in [0.4, 0.5) is 5.95 Å². The van der Waals surface area contributed by atoms with Gasteiger partial charge in [-0.1, -0.05) is 11.6 Å². The van der Waals surface area contributed by atoms with Crippen LogP contribution in [0.3, 0.4) is 0 Å². The molecule has 1 aliphatic carbocycles. The molecular weight excluding hydrogens is 306 g/mol. The first kappa shape index (κ1) is 13.1. The number of aryl methyl sites for hydroxylation is 2. The first-order valence-electron chi connectivity index (χ1n) is 7.05. The van der Waals surface area contributed by atoms with Crippen LogP contribution in [-0.4, -0.2) is 9.97 Å². The lowest BCUT2D eigenvalue weighted by Crippen LogP contribution is -2.03. The number of anilines is 1.